The molecule has 62 heavy (non-hydrogen) atoms. The Kier molecular flexibility index (Phi) is 12.2. The number of amides is 1. The average molecular weight is 864 g/mol. The smallest absolute Gasteiger partial charge is 0.408 e. The highest BCUT2D eigenvalue weighted by Gasteiger charge is 2.77. The van der Waals surface area contributed by atoms with Crippen molar-refractivity contribution in [3.8, 4) is 0 Å². The first-order valence-electron chi connectivity index (χ1n) is 21.3. The van der Waals surface area contributed by atoms with E-state index in [1.807, 2.05) is 39.8 Å². The minimum atomic E-state index is -2.07. The Morgan fingerprint density at radius 2 is 1.71 bits per heavy atom. The summed E-state index contributed by atoms with van der Waals surface area (Å²) < 4.78 is 44.7. The fourth-order valence-electron chi connectivity index (χ4n) is 10.7. The van der Waals surface area contributed by atoms with Gasteiger partial charge < -0.3 is 53.6 Å². The minimum absolute atomic E-state index is 0.0291. The van der Waals surface area contributed by atoms with Crippen molar-refractivity contribution in [1.82, 2.24) is 15.2 Å². The first kappa shape index (κ1) is 45.6. The number of pyridine rings is 1. The van der Waals surface area contributed by atoms with E-state index in [1.54, 1.807) is 76.2 Å². The highest BCUT2D eigenvalue weighted by atomic mass is 16.7. The van der Waals surface area contributed by atoms with Crippen LogP contribution in [0.3, 0.4) is 0 Å². The molecule has 5 aliphatic rings. The molecular formula is C46H61N3O13. The van der Waals surface area contributed by atoms with Gasteiger partial charge in [0.2, 0.25) is 0 Å². The lowest BCUT2D eigenvalue weighted by Crippen LogP contribution is -2.79. The van der Waals surface area contributed by atoms with Crippen LogP contribution in [0.4, 0.5) is 4.79 Å². The van der Waals surface area contributed by atoms with Crippen molar-refractivity contribution in [3.05, 3.63) is 77.1 Å². The Balaban J connectivity index is 1.38. The molecule has 0 spiro atoms. The minimum Gasteiger partial charge on any atom is -0.456 e. The molecule has 7 rings (SSSR count). The van der Waals surface area contributed by atoms with Crippen LogP contribution >= 0.6 is 0 Å². The van der Waals surface area contributed by atoms with Crippen LogP contribution in [0.15, 0.2) is 65.9 Å². The van der Waals surface area contributed by atoms with Gasteiger partial charge in [-0.1, -0.05) is 45.0 Å². The van der Waals surface area contributed by atoms with E-state index in [2.05, 4.69) is 10.3 Å². The van der Waals surface area contributed by atoms with Gasteiger partial charge in [-0.05, 0) is 90.0 Å². The number of alkyl carbamates (subject to hydrolysis) is 1. The van der Waals surface area contributed by atoms with Crippen LogP contribution in [0, 0.1) is 16.7 Å². The molecule has 3 N–H and O–H groups in total. The van der Waals surface area contributed by atoms with Crippen molar-refractivity contribution in [2.45, 2.75) is 140 Å². The molecule has 3 aliphatic carbocycles. The molecule has 0 unspecified atom stereocenters. The predicted octanol–water partition coefficient (Wildman–Crippen LogP) is 4.43. The van der Waals surface area contributed by atoms with Crippen molar-refractivity contribution >= 4 is 24.0 Å². The lowest BCUT2D eigenvalue weighted by Gasteiger charge is -2.68. The van der Waals surface area contributed by atoms with E-state index in [1.165, 1.54) is 13.1 Å². The molecule has 2 aliphatic heterocycles. The largest absolute Gasteiger partial charge is 0.456 e. The monoisotopic (exact) mass is 863 g/mol. The number of carbonyl (C=O) groups is 4. The average Bonchev–Trinajstić information content (AvgIpc) is 3.59. The van der Waals surface area contributed by atoms with Gasteiger partial charge in [0, 0.05) is 36.9 Å². The van der Waals surface area contributed by atoms with Gasteiger partial charge in [-0.2, -0.15) is 0 Å². The zero-order valence-corrected chi connectivity index (χ0v) is 37.2. The molecule has 4 fully saturated rings. The zero-order chi connectivity index (χ0) is 45.2. The lowest BCUT2D eigenvalue weighted by molar-refractivity contribution is -0.345. The van der Waals surface area contributed by atoms with Gasteiger partial charge in [-0.25, -0.2) is 14.4 Å². The van der Waals surface area contributed by atoms with E-state index in [9.17, 15) is 29.4 Å². The number of esters is 3. The highest BCUT2D eigenvalue weighted by molar-refractivity contribution is 5.89. The van der Waals surface area contributed by atoms with Gasteiger partial charge in [0.15, 0.2) is 18.0 Å². The third-order valence-corrected chi connectivity index (χ3v) is 13.6. The van der Waals surface area contributed by atoms with Crippen LogP contribution in [-0.2, 0) is 42.7 Å². The molecule has 1 aromatic heterocycles. The van der Waals surface area contributed by atoms with Gasteiger partial charge in [-0.15, -0.1) is 0 Å². The van der Waals surface area contributed by atoms with Crippen LogP contribution in [0.25, 0.3) is 0 Å². The van der Waals surface area contributed by atoms with E-state index >= 15 is 0 Å². The number of likely N-dealkylation sites (N-methyl/N-ethyl adjacent to an activating group) is 1. The summed E-state index contributed by atoms with van der Waals surface area (Å²) in [6.07, 6.45) is -6.37. The van der Waals surface area contributed by atoms with Crippen molar-refractivity contribution in [2.24, 2.45) is 16.7 Å². The van der Waals surface area contributed by atoms with E-state index in [-0.39, 0.29) is 24.3 Å². The van der Waals surface area contributed by atoms with Gasteiger partial charge >= 0.3 is 24.0 Å². The summed E-state index contributed by atoms with van der Waals surface area (Å²) in [4.78, 5) is 61.2. The summed E-state index contributed by atoms with van der Waals surface area (Å²) in [5.41, 5.74) is -5.07. The summed E-state index contributed by atoms with van der Waals surface area (Å²) >= 11 is 0. The van der Waals surface area contributed by atoms with Gasteiger partial charge in [0.1, 0.15) is 41.7 Å². The molecule has 12 atom stereocenters. The molecule has 16 nitrogen and oxygen atoms in total. The number of aromatic nitrogens is 1. The molecule has 2 aromatic rings. The van der Waals surface area contributed by atoms with E-state index < -0.39 is 107 Å². The first-order valence-corrected chi connectivity index (χ1v) is 21.3. The Morgan fingerprint density at radius 1 is 1.02 bits per heavy atom. The molecule has 16 heteroatoms. The second-order valence-corrected chi connectivity index (χ2v) is 19.5. The Hall–Kier alpha value is -4.45. The maximum absolute atomic E-state index is 14.4. The van der Waals surface area contributed by atoms with E-state index in [0.717, 1.165) is 0 Å². The second kappa shape index (κ2) is 16.6. The number of aliphatic hydroxyl groups is 2. The molecule has 0 radical (unpaired) electrons. The van der Waals surface area contributed by atoms with Crippen LogP contribution in [0.2, 0.25) is 0 Å². The lowest BCUT2D eigenvalue weighted by atomic mass is 9.45. The summed E-state index contributed by atoms with van der Waals surface area (Å²) in [7, 11) is 3.79. The fourth-order valence-corrected chi connectivity index (χ4v) is 10.7. The molecule has 1 amide bonds. The SMILES string of the molecule is CC(=O)O[C@@]12CO[C@@H]1CC[C@@]1(C)[C@@H]3O[C@H](CN(C)C)O[C@@H]3C3=C(C)[C@@H](OC(=O)[C@H](O)[C@@H](NC(=O)OC(C)(C)C)c4ccccn4)C[C@@](O)([C@@H](OC(=O)c4ccccc4)[C@@H]12)C3(C)C. The third-order valence-electron chi connectivity index (χ3n) is 13.6. The number of benzene rings is 1. The van der Waals surface area contributed by atoms with Crippen molar-refractivity contribution in [1.29, 1.82) is 0 Å². The van der Waals surface area contributed by atoms with Crippen LogP contribution in [0.1, 0.15) is 96.7 Å². The fraction of sp³-hybridized carbons (Fsp3) is 0.630. The highest BCUT2D eigenvalue weighted by Crippen LogP contribution is 2.66. The topological polar surface area (TPSA) is 202 Å². The van der Waals surface area contributed by atoms with Gasteiger partial charge in [0.05, 0.1) is 29.9 Å². The zero-order valence-electron chi connectivity index (χ0n) is 37.2. The van der Waals surface area contributed by atoms with Crippen LogP contribution < -0.4 is 5.32 Å². The molecule has 1 aromatic carbocycles. The molecule has 3 heterocycles. The van der Waals surface area contributed by atoms with E-state index in [0.29, 0.717) is 30.5 Å². The van der Waals surface area contributed by atoms with Crippen LogP contribution in [-0.4, -0.2) is 131 Å². The van der Waals surface area contributed by atoms with Gasteiger partial charge in [0.25, 0.3) is 0 Å². The standard InChI is InChI=1S/C46H61N3O13/c1-25-29(57-40(53)34(51)33(28-18-14-15-21-47-28)48-41(54)62-42(3,4)5)22-46(55)38(60-39(52)27-16-12-11-13-17-27)36-44(8,20-19-30-45(36,24-56-30)61-26(2)50)37-35(32(25)43(46,6)7)58-31(59-37)23-49(9)10/h11-18,21,29-31,33-38,51,55H,19-20,22-24H2,1-10H3,(H,48,54)/t29-,30+,31+,33-,34+,35+,36-,37+,38-,44+,45-,46+/m0/s1. The molecule has 338 valence electrons. The Bertz CT molecular complexity index is 2060. The summed E-state index contributed by atoms with van der Waals surface area (Å²) in [6, 6.07) is 11.8. The summed E-state index contributed by atoms with van der Waals surface area (Å²) in [5, 5.41) is 28.2. The van der Waals surface area contributed by atoms with E-state index in [4.69, 9.17) is 33.2 Å². The van der Waals surface area contributed by atoms with Crippen molar-refractivity contribution in [3.63, 3.8) is 0 Å². The maximum Gasteiger partial charge on any atom is 0.408 e. The number of hydrogen-bond donors (Lipinski definition) is 3. The molecule has 2 saturated heterocycles. The normalized spacial score (nSPS) is 34.4. The quantitative estimate of drug-likeness (QED) is 0.172. The number of fused-ring (bicyclic) bond motifs is 8. The molecule has 2 saturated carbocycles. The Morgan fingerprint density at radius 3 is 2.31 bits per heavy atom. The summed E-state index contributed by atoms with van der Waals surface area (Å²) in [6.45, 7) is 14.2. The first-order chi connectivity index (χ1) is 29.0. The van der Waals surface area contributed by atoms with Crippen molar-refractivity contribution < 1.29 is 62.5 Å². The summed E-state index contributed by atoms with van der Waals surface area (Å²) in [5.74, 6) is -3.37. The number of nitrogens with one attached hydrogen (secondary N) is 1. The number of hydrogen-bond acceptors (Lipinski definition) is 15. The van der Waals surface area contributed by atoms with Crippen LogP contribution in [0.5, 0.6) is 0 Å². The number of carbonyl (C=O) groups excluding carboxylic acids is 4. The molecular weight excluding hydrogens is 803 g/mol. The number of rotatable bonds is 10. The van der Waals surface area contributed by atoms with Crippen molar-refractivity contribution in [2.75, 3.05) is 27.2 Å². The second-order valence-electron chi connectivity index (χ2n) is 19.5. The number of aliphatic hydroxyl groups excluding tert-OH is 1. The number of ether oxygens (including phenoxy) is 7. The van der Waals surface area contributed by atoms with Gasteiger partial charge in [-0.3, -0.25) is 9.78 Å². The third kappa shape index (κ3) is 8.02. The molecule has 2 bridgehead atoms. The Labute approximate surface area is 362 Å². The number of nitrogens with zero attached hydrogens (tertiary/aromatic N) is 2. The predicted molar refractivity (Wildman–Crippen MR) is 221 cm³/mol. The maximum atomic E-state index is 14.4.